The lowest BCUT2D eigenvalue weighted by Gasteiger charge is -2.08. The molecule has 2 heterocycles. The highest BCUT2D eigenvalue weighted by Crippen LogP contribution is 2.34. The van der Waals surface area contributed by atoms with Gasteiger partial charge in [0.2, 0.25) is 0 Å². The quantitative estimate of drug-likeness (QED) is 0.250. The van der Waals surface area contributed by atoms with Crippen LogP contribution in [0.4, 0.5) is 0 Å². The van der Waals surface area contributed by atoms with Gasteiger partial charge in [0.15, 0.2) is 11.6 Å². The molecule has 5 aromatic carbocycles. The summed E-state index contributed by atoms with van der Waals surface area (Å²) in [5, 5.41) is 2.39. The molecule has 182 valence electrons. The first kappa shape index (κ1) is 23.3. The normalized spacial score (nSPS) is 10.8. The first-order valence-electron chi connectivity index (χ1n) is 12.6. The molecule has 0 N–H and O–H groups in total. The van der Waals surface area contributed by atoms with Crippen LogP contribution in [0.25, 0.3) is 50.3 Å². The van der Waals surface area contributed by atoms with E-state index in [1.165, 1.54) is 21.9 Å². The van der Waals surface area contributed by atoms with Gasteiger partial charge in [0.05, 0.1) is 11.0 Å². The molecular formula is C34H26N4. The van der Waals surface area contributed by atoms with Crippen LogP contribution < -0.4 is 0 Å². The molecular weight excluding hydrogens is 464 g/mol. The van der Waals surface area contributed by atoms with Gasteiger partial charge in [-0.25, -0.2) is 15.0 Å². The van der Waals surface area contributed by atoms with Crippen LogP contribution in [0, 0.1) is 6.92 Å². The van der Waals surface area contributed by atoms with Crippen LogP contribution in [0.2, 0.25) is 0 Å². The van der Waals surface area contributed by atoms with E-state index in [4.69, 9.17) is 4.98 Å². The van der Waals surface area contributed by atoms with Gasteiger partial charge in [-0.05, 0) is 43.3 Å². The zero-order chi connectivity index (χ0) is 25.7. The van der Waals surface area contributed by atoms with E-state index in [0.717, 1.165) is 22.3 Å². The Kier molecular flexibility index (Phi) is 6.44. The van der Waals surface area contributed by atoms with Gasteiger partial charge >= 0.3 is 0 Å². The minimum absolute atomic E-state index is 0.673. The summed E-state index contributed by atoms with van der Waals surface area (Å²) >= 11 is 0. The summed E-state index contributed by atoms with van der Waals surface area (Å²) in [6.07, 6.45) is 1.59. The zero-order valence-corrected chi connectivity index (χ0v) is 21.1. The SMILES string of the molecule is Cc1ccccc1.c1ccc(-c2ncnc(-c3ccc4c(c3)c3ccccc3n4-c3ccccc3)n2)cc1. The topological polar surface area (TPSA) is 43.6 Å². The second-order valence-electron chi connectivity index (χ2n) is 9.07. The Morgan fingerprint density at radius 1 is 0.500 bits per heavy atom. The highest BCUT2D eigenvalue weighted by Gasteiger charge is 2.14. The van der Waals surface area contributed by atoms with Crippen molar-refractivity contribution in [2.24, 2.45) is 0 Å². The number of hydrogen-bond donors (Lipinski definition) is 0. The molecule has 0 aliphatic carbocycles. The van der Waals surface area contributed by atoms with Crippen molar-refractivity contribution in [2.45, 2.75) is 6.92 Å². The smallest absolute Gasteiger partial charge is 0.163 e. The van der Waals surface area contributed by atoms with Gasteiger partial charge in [-0.3, -0.25) is 0 Å². The van der Waals surface area contributed by atoms with Gasteiger partial charge in [0.1, 0.15) is 6.33 Å². The first-order chi connectivity index (χ1) is 18.8. The number of benzene rings is 5. The maximum absolute atomic E-state index is 4.74. The van der Waals surface area contributed by atoms with Gasteiger partial charge in [-0.15, -0.1) is 0 Å². The van der Waals surface area contributed by atoms with Crippen molar-refractivity contribution in [2.75, 3.05) is 0 Å². The number of hydrogen-bond acceptors (Lipinski definition) is 3. The highest BCUT2D eigenvalue weighted by molar-refractivity contribution is 6.10. The fraction of sp³-hybridized carbons (Fsp3) is 0.0294. The number of rotatable bonds is 3. The Labute approximate surface area is 221 Å². The van der Waals surface area contributed by atoms with Crippen molar-refractivity contribution in [3.63, 3.8) is 0 Å². The maximum atomic E-state index is 4.74. The van der Waals surface area contributed by atoms with E-state index in [1.807, 2.05) is 54.6 Å². The van der Waals surface area contributed by atoms with Gasteiger partial charge < -0.3 is 4.57 Å². The molecule has 0 aliphatic heterocycles. The lowest BCUT2D eigenvalue weighted by atomic mass is 10.1. The van der Waals surface area contributed by atoms with Crippen LogP contribution in [0.15, 0.2) is 140 Å². The molecule has 7 rings (SSSR count). The molecule has 0 saturated heterocycles. The van der Waals surface area contributed by atoms with Gasteiger partial charge in [-0.2, -0.15) is 0 Å². The number of fused-ring (bicyclic) bond motifs is 3. The fourth-order valence-corrected chi connectivity index (χ4v) is 4.66. The molecule has 38 heavy (non-hydrogen) atoms. The van der Waals surface area contributed by atoms with Crippen molar-refractivity contribution in [3.05, 3.63) is 145 Å². The Hall–Kier alpha value is -5.09. The van der Waals surface area contributed by atoms with Crippen LogP contribution in [0.5, 0.6) is 0 Å². The minimum atomic E-state index is 0.673. The Bertz CT molecular complexity index is 1810. The Balaban J connectivity index is 0.000000330. The number of para-hydroxylation sites is 2. The molecule has 0 atom stereocenters. The lowest BCUT2D eigenvalue weighted by molar-refractivity contribution is 1.07. The second kappa shape index (κ2) is 10.5. The van der Waals surface area contributed by atoms with E-state index in [0.29, 0.717) is 11.6 Å². The van der Waals surface area contributed by atoms with E-state index >= 15 is 0 Å². The van der Waals surface area contributed by atoms with Crippen LogP contribution in [-0.4, -0.2) is 19.5 Å². The summed E-state index contributed by atoms with van der Waals surface area (Å²) in [6.45, 7) is 2.08. The minimum Gasteiger partial charge on any atom is -0.309 e. The summed E-state index contributed by atoms with van der Waals surface area (Å²) < 4.78 is 2.30. The van der Waals surface area contributed by atoms with Crippen molar-refractivity contribution >= 4 is 21.8 Å². The van der Waals surface area contributed by atoms with Crippen molar-refractivity contribution < 1.29 is 0 Å². The standard InChI is InChI=1S/C27H18N4.C7H8/c1-3-9-19(10-4-1)26-28-18-29-27(30-26)20-15-16-25-23(17-20)22-13-7-8-14-24(22)31(25)21-11-5-2-6-12-21;1-7-5-3-2-4-6-7/h1-18H;2-6H,1H3. The molecule has 7 aromatic rings. The third-order valence-corrected chi connectivity index (χ3v) is 6.49. The average Bonchev–Trinajstić information content (AvgIpc) is 3.33. The molecule has 0 unspecified atom stereocenters. The number of nitrogens with zero attached hydrogens (tertiary/aromatic N) is 4. The van der Waals surface area contributed by atoms with Crippen LogP contribution in [0.3, 0.4) is 0 Å². The summed E-state index contributed by atoms with van der Waals surface area (Å²) in [5.74, 6) is 1.35. The van der Waals surface area contributed by atoms with E-state index in [9.17, 15) is 0 Å². The van der Waals surface area contributed by atoms with Crippen molar-refractivity contribution in [1.29, 1.82) is 0 Å². The Morgan fingerprint density at radius 3 is 1.76 bits per heavy atom. The fourth-order valence-electron chi connectivity index (χ4n) is 4.66. The van der Waals surface area contributed by atoms with Crippen LogP contribution in [0.1, 0.15) is 5.56 Å². The molecule has 0 fully saturated rings. The largest absolute Gasteiger partial charge is 0.309 e. The summed E-state index contributed by atoms with van der Waals surface area (Å²) in [6, 6.07) is 45.6. The molecule has 0 saturated carbocycles. The highest BCUT2D eigenvalue weighted by atomic mass is 15.0. The first-order valence-corrected chi connectivity index (χ1v) is 12.6. The second-order valence-corrected chi connectivity index (χ2v) is 9.07. The molecule has 4 nitrogen and oxygen atoms in total. The molecule has 0 amide bonds. The van der Waals surface area contributed by atoms with Crippen LogP contribution >= 0.6 is 0 Å². The van der Waals surface area contributed by atoms with E-state index in [1.54, 1.807) is 6.33 Å². The van der Waals surface area contributed by atoms with E-state index < -0.39 is 0 Å². The van der Waals surface area contributed by atoms with Gasteiger partial charge in [-0.1, -0.05) is 103 Å². The number of aromatic nitrogens is 4. The van der Waals surface area contributed by atoms with Crippen LogP contribution in [-0.2, 0) is 0 Å². The van der Waals surface area contributed by atoms with E-state index in [-0.39, 0.29) is 0 Å². The van der Waals surface area contributed by atoms with Gasteiger partial charge in [0, 0.05) is 27.6 Å². The third-order valence-electron chi connectivity index (χ3n) is 6.49. The summed E-state index contributed by atoms with van der Waals surface area (Å²) in [4.78, 5) is 13.6. The Morgan fingerprint density at radius 2 is 1.08 bits per heavy atom. The van der Waals surface area contributed by atoms with Crippen molar-refractivity contribution in [3.8, 4) is 28.5 Å². The lowest BCUT2D eigenvalue weighted by Crippen LogP contribution is -1.95. The average molecular weight is 491 g/mol. The van der Waals surface area contributed by atoms with Gasteiger partial charge in [0.25, 0.3) is 0 Å². The summed E-state index contributed by atoms with van der Waals surface area (Å²) in [7, 11) is 0. The van der Waals surface area contributed by atoms with Crippen molar-refractivity contribution in [1.82, 2.24) is 19.5 Å². The molecule has 0 radical (unpaired) electrons. The molecule has 0 aliphatic rings. The number of aryl methyl sites for hydroxylation is 1. The third kappa shape index (κ3) is 4.67. The molecule has 0 spiro atoms. The molecule has 2 aromatic heterocycles. The zero-order valence-electron chi connectivity index (χ0n) is 21.1. The molecule has 0 bridgehead atoms. The van der Waals surface area contributed by atoms with E-state index in [2.05, 4.69) is 100 Å². The predicted octanol–water partition coefficient (Wildman–Crippen LogP) is 8.30. The maximum Gasteiger partial charge on any atom is 0.163 e. The monoisotopic (exact) mass is 490 g/mol. The predicted molar refractivity (Wildman–Crippen MR) is 156 cm³/mol. The summed E-state index contributed by atoms with van der Waals surface area (Å²) in [5.41, 5.74) is 6.77. The molecule has 4 heteroatoms.